The van der Waals surface area contributed by atoms with E-state index in [-0.39, 0.29) is 27.4 Å². The van der Waals surface area contributed by atoms with Crippen molar-refractivity contribution in [1.82, 2.24) is 0 Å². The van der Waals surface area contributed by atoms with E-state index >= 15 is 0 Å². The van der Waals surface area contributed by atoms with Gasteiger partial charge in [-0.1, -0.05) is 0 Å². The van der Waals surface area contributed by atoms with Crippen LogP contribution in [0, 0.1) is 0 Å². The third kappa shape index (κ3) is 148. The van der Waals surface area contributed by atoms with E-state index in [0.717, 1.165) is 0 Å². The molecule has 0 spiro atoms. The molecule has 0 saturated carbocycles. The molecule has 18 heavy (non-hydrogen) atoms. The molecule has 18 heteroatoms. The molecule has 0 amide bonds. The van der Waals surface area contributed by atoms with Crippen molar-refractivity contribution in [3.8, 4) is 0 Å². The van der Waals surface area contributed by atoms with Gasteiger partial charge in [0.05, 0.1) is 0 Å². The average molecular weight is 364 g/mol. The Kier molecular flexibility index (Phi) is 199. The second-order valence-corrected chi connectivity index (χ2v) is 1.99. The van der Waals surface area contributed by atoms with Crippen LogP contribution in [0.1, 0.15) is 0 Å². The Labute approximate surface area is 102 Å². The van der Waals surface area contributed by atoms with Gasteiger partial charge in [-0.3, -0.25) is 10.5 Å². The monoisotopic (exact) mass is 364 g/mol. The molecular weight excluding hydrogens is 347 g/mol. The van der Waals surface area contributed by atoms with Crippen molar-refractivity contribution in [2.24, 2.45) is 0 Å². The van der Waals surface area contributed by atoms with Crippen molar-refractivity contribution >= 4 is 15.7 Å². The summed E-state index contributed by atoms with van der Waals surface area (Å²) in [6, 6.07) is 0. The van der Waals surface area contributed by atoms with E-state index in [0.29, 0.717) is 0 Å². The zero-order valence-corrected chi connectivity index (χ0v) is 10.00. The molecule has 0 aliphatic heterocycles. The predicted octanol–water partition coefficient (Wildman–Crippen LogP) is -5.92. The van der Waals surface area contributed by atoms with Gasteiger partial charge in [0.25, 0.3) is 0 Å². The fourth-order valence-electron chi connectivity index (χ4n) is 0.0434. The van der Waals surface area contributed by atoms with E-state index in [2.05, 4.69) is 24.0 Å². The Morgan fingerprint density at radius 2 is 0.889 bits per heavy atom. The molecule has 0 bridgehead atoms. The van der Waals surface area contributed by atoms with Crippen LogP contribution in [0.3, 0.4) is 0 Å². The van der Waals surface area contributed by atoms with Crippen LogP contribution < -0.4 is 0 Å². The van der Waals surface area contributed by atoms with E-state index in [1.54, 1.807) is 0 Å². The summed E-state index contributed by atoms with van der Waals surface area (Å²) in [5.41, 5.74) is 0. The average Bonchev–Trinajstić information content (AvgIpc) is 2.10. The van der Waals surface area contributed by atoms with Gasteiger partial charge < -0.3 is 27.4 Å². The van der Waals surface area contributed by atoms with Crippen LogP contribution in [0.15, 0.2) is 0 Å². The molecule has 0 aliphatic carbocycles. The molecule has 17 nitrogen and oxygen atoms in total. The van der Waals surface area contributed by atoms with E-state index < -0.39 is 15.7 Å². The van der Waals surface area contributed by atoms with Crippen molar-refractivity contribution in [3.63, 3.8) is 0 Å². The van der Waals surface area contributed by atoms with Crippen molar-refractivity contribution < 1.29 is 85.9 Å². The van der Waals surface area contributed by atoms with Gasteiger partial charge in [-0.25, -0.2) is 10.5 Å². The molecule has 0 heterocycles. The van der Waals surface area contributed by atoms with E-state index in [1.165, 1.54) is 0 Å². The van der Waals surface area contributed by atoms with E-state index in [9.17, 15) is 0 Å². The maximum atomic E-state index is 7.75. The first-order valence-electron chi connectivity index (χ1n) is 1.83. The first-order chi connectivity index (χ1) is 6.18. The van der Waals surface area contributed by atoms with Crippen molar-refractivity contribution in [1.29, 1.82) is 0 Å². The van der Waals surface area contributed by atoms with Crippen LogP contribution in [0.4, 0.5) is 0 Å². The van der Waals surface area contributed by atoms with E-state index in [1.807, 2.05) is 0 Å². The van der Waals surface area contributed by atoms with Crippen LogP contribution in [-0.4, -0.2) is 77.5 Å². The summed E-state index contributed by atoms with van der Waals surface area (Å²) in [5.74, 6) is 0. The van der Waals surface area contributed by atoms with Gasteiger partial charge in [0.15, 0.2) is 0 Å². The van der Waals surface area contributed by atoms with Gasteiger partial charge in [0.2, 0.25) is 0 Å². The topological polar surface area (TPSA) is 345 Å². The Balaban J connectivity index is -0.0000000131. The zero-order chi connectivity index (χ0) is 11.1. The van der Waals surface area contributed by atoms with Gasteiger partial charge in [-0.2, -0.15) is 0 Å². The number of rotatable bonds is 4. The molecule has 0 aliphatic rings. The summed E-state index contributed by atoms with van der Waals surface area (Å²) in [7, 11) is 0. The molecule has 0 unspecified atom stereocenters. The standard InChI is InChI=1S/AsH3O5.H2O5.H2O2.5H2O/c2-1(3)5-6-4;1-3-5-4-2;1-2;;;;;/h2-4H;1-2H;1-2H;5*1H2. The van der Waals surface area contributed by atoms with Crippen LogP contribution in [0.5, 0.6) is 0 Å². The Hall–Kier alpha value is -0.122. The van der Waals surface area contributed by atoms with Crippen LogP contribution in [0.25, 0.3) is 0 Å². The molecule has 17 N–H and O–H groups in total. The summed E-state index contributed by atoms with van der Waals surface area (Å²) in [6.07, 6.45) is 0. The van der Waals surface area contributed by atoms with Gasteiger partial charge in [0, 0.05) is 0 Å². The summed E-state index contributed by atoms with van der Waals surface area (Å²) >= 11 is -3.20. The van der Waals surface area contributed by atoms with Crippen LogP contribution >= 0.6 is 0 Å². The first kappa shape index (κ1) is 52.2. The molecule has 0 aromatic rings. The fraction of sp³-hybridized carbons (Fsp3) is 0. The molecule has 0 aromatic heterocycles. The molecular formula is H17AsO17. The van der Waals surface area contributed by atoms with Crippen molar-refractivity contribution in [2.45, 2.75) is 0 Å². The minimum atomic E-state index is -3.20. The summed E-state index contributed by atoms with van der Waals surface area (Å²) in [5, 5.41) is 44.6. The van der Waals surface area contributed by atoms with Crippen LogP contribution in [-0.2, 0) is 24.0 Å². The van der Waals surface area contributed by atoms with Crippen molar-refractivity contribution in [3.05, 3.63) is 0 Å². The zero-order valence-electron chi connectivity index (χ0n) is 8.12. The third-order valence-electron chi connectivity index (χ3n) is 0.161. The third-order valence-corrected chi connectivity index (χ3v) is 0.580. The fourth-order valence-corrected chi connectivity index (χ4v) is 0.169. The Morgan fingerprint density at radius 1 is 0.611 bits per heavy atom. The molecule has 0 atom stereocenters. The molecule has 0 saturated heterocycles. The Morgan fingerprint density at radius 3 is 0.889 bits per heavy atom. The second-order valence-electron chi connectivity index (χ2n) is 0.619. The van der Waals surface area contributed by atoms with Crippen LogP contribution in [0.2, 0.25) is 0 Å². The minimum absolute atomic E-state index is 0. The summed E-state index contributed by atoms with van der Waals surface area (Å²) < 4.78 is 18.8. The van der Waals surface area contributed by atoms with Gasteiger partial charge in [-0.05, 0) is 15.1 Å². The SMILES string of the molecule is O.O.O.O.O.OO.OOOOO.OOO[As](O)O. The quantitative estimate of drug-likeness (QED) is 0.139. The normalized spacial score (nSPS) is 6.00. The summed E-state index contributed by atoms with van der Waals surface area (Å²) in [4.78, 5) is 0. The van der Waals surface area contributed by atoms with Gasteiger partial charge in [-0.15, -0.1) is 0 Å². The Bertz CT molecular complexity index is 49.6. The van der Waals surface area contributed by atoms with Gasteiger partial charge >= 0.3 is 38.0 Å². The van der Waals surface area contributed by atoms with E-state index in [4.69, 9.17) is 34.5 Å². The van der Waals surface area contributed by atoms with Crippen molar-refractivity contribution in [2.75, 3.05) is 0 Å². The van der Waals surface area contributed by atoms with Gasteiger partial charge in [0.1, 0.15) is 0 Å². The molecule has 124 valence electrons. The maximum absolute atomic E-state index is 7.75. The molecule has 0 fully saturated rings. The molecule has 0 rings (SSSR count). The molecule has 0 radical (unpaired) electrons. The second kappa shape index (κ2) is 68.6. The summed E-state index contributed by atoms with van der Waals surface area (Å²) in [6.45, 7) is 0. The predicted molar refractivity (Wildman–Crippen MR) is 46.8 cm³/mol. The molecule has 0 aromatic carbocycles. The number of hydrogen-bond acceptors (Lipinski definition) is 12. The number of hydrogen-bond donors (Lipinski definition) is 7. The first-order valence-corrected chi connectivity index (χ1v) is 4.27.